The second-order valence-electron chi connectivity index (χ2n) is 4.53. The number of rotatable bonds is 6. The summed E-state index contributed by atoms with van der Waals surface area (Å²) >= 11 is 0. The van der Waals surface area contributed by atoms with Crippen molar-refractivity contribution in [3.63, 3.8) is 0 Å². The Morgan fingerprint density at radius 2 is 2.00 bits per heavy atom. The molecule has 0 aliphatic carbocycles. The van der Waals surface area contributed by atoms with Crippen LogP contribution in [0.25, 0.3) is 0 Å². The first-order valence-corrected chi connectivity index (χ1v) is 6.56. The van der Waals surface area contributed by atoms with E-state index in [4.69, 9.17) is 4.74 Å². The Morgan fingerprint density at radius 3 is 2.57 bits per heavy atom. The van der Waals surface area contributed by atoms with Crippen molar-refractivity contribution >= 4 is 5.69 Å². The number of pyridine rings is 1. The molecular weight excluding hydrogens is 270 g/mol. The molecule has 1 aromatic carbocycles. The number of ether oxygens (including phenoxy) is 1. The summed E-state index contributed by atoms with van der Waals surface area (Å²) in [6.45, 7) is 0. The van der Waals surface area contributed by atoms with E-state index in [1.807, 2.05) is 37.4 Å². The summed E-state index contributed by atoms with van der Waals surface area (Å²) < 4.78 is 5.06. The number of methoxy groups -OCH3 is 1. The van der Waals surface area contributed by atoms with Gasteiger partial charge < -0.3 is 10.1 Å². The van der Waals surface area contributed by atoms with Crippen molar-refractivity contribution in [1.29, 1.82) is 0 Å². The highest BCUT2D eigenvalue weighted by Crippen LogP contribution is 2.25. The smallest absolute Gasteiger partial charge is 0.291 e. The first-order chi connectivity index (χ1) is 10.2. The minimum absolute atomic E-state index is 0.00646. The van der Waals surface area contributed by atoms with Gasteiger partial charge in [-0.25, -0.2) is 4.98 Å². The molecule has 0 aliphatic heterocycles. The number of hydrogen-bond acceptors (Lipinski definition) is 5. The van der Waals surface area contributed by atoms with Crippen molar-refractivity contribution in [3.05, 3.63) is 63.8 Å². The summed E-state index contributed by atoms with van der Waals surface area (Å²) in [5, 5.41) is 14.3. The molecule has 1 aromatic heterocycles. The molecule has 2 aromatic rings. The lowest BCUT2D eigenvalue weighted by Gasteiger charge is -2.16. The maximum absolute atomic E-state index is 11.1. The number of nitro groups is 1. The first-order valence-electron chi connectivity index (χ1n) is 6.56. The van der Waals surface area contributed by atoms with Gasteiger partial charge in [0.1, 0.15) is 5.69 Å². The van der Waals surface area contributed by atoms with Crippen molar-refractivity contribution in [2.75, 3.05) is 14.2 Å². The molecule has 21 heavy (non-hydrogen) atoms. The molecule has 1 atom stereocenters. The Morgan fingerprint density at radius 1 is 1.29 bits per heavy atom. The van der Waals surface area contributed by atoms with Gasteiger partial charge in [-0.3, -0.25) is 10.1 Å². The SMILES string of the molecule is CNC(Cc1nc(OC)ccc1[N+](=O)[O-])c1ccccc1. The molecule has 1 N–H and O–H groups in total. The van der Waals surface area contributed by atoms with E-state index in [1.165, 1.54) is 19.2 Å². The van der Waals surface area contributed by atoms with Gasteiger partial charge in [0.15, 0.2) is 0 Å². The van der Waals surface area contributed by atoms with Gasteiger partial charge in [-0.2, -0.15) is 0 Å². The number of hydrogen-bond donors (Lipinski definition) is 1. The molecule has 6 nitrogen and oxygen atoms in total. The average Bonchev–Trinajstić information content (AvgIpc) is 2.53. The lowest BCUT2D eigenvalue weighted by Crippen LogP contribution is -2.20. The number of aromatic nitrogens is 1. The van der Waals surface area contributed by atoms with E-state index >= 15 is 0 Å². The third-order valence-electron chi connectivity index (χ3n) is 3.28. The summed E-state index contributed by atoms with van der Waals surface area (Å²) in [4.78, 5) is 14.9. The fourth-order valence-electron chi connectivity index (χ4n) is 2.17. The molecule has 0 bridgehead atoms. The van der Waals surface area contributed by atoms with Crippen LogP contribution in [0, 0.1) is 10.1 Å². The van der Waals surface area contributed by atoms with E-state index in [9.17, 15) is 10.1 Å². The zero-order chi connectivity index (χ0) is 15.2. The normalized spacial score (nSPS) is 11.9. The van der Waals surface area contributed by atoms with E-state index in [-0.39, 0.29) is 11.7 Å². The van der Waals surface area contributed by atoms with Crippen molar-refractivity contribution in [2.24, 2.45) is 0 Å². The molecule has 110 valence electrons. The van der Waals surface area contributed by atoms with Crippen LogP contribution < -0.4 is 10.1 Å². The van der Waals surface area contributed by atoms with Gasteiger partial charge in [-0.15, -0.1) is 0 Å². The zero-order valence-corrected chi connectivity index (χ0v) is 11.9. The van der Waals surface area contributed by atoms with Crippen LogP contribution in [0.1, 0.15) is 17.3 Å². The average molecular weight is 287 g/mol. The van der Waals surface area contributed by atoms with Gasteiger partial charge in [0.25, 0.3) is 5.69 Å². The van der Waals surface area contributed by atoms with Gasteiger partial charge in [0.2, 0.25) is 5.88 Å². The Labute approximate surface area is 122 Å². The second-order valence-corrected chi connectivity index (χ2v) is 4.53. The van der Waals surface area contributed by atoms with Crippen LogP contribution in [0.15, 0.2) is 42.5 Å². The number of benzene rings is 1. The molecule has 1 unspecified atom stereocenters. The van der Waals surface area contributed by atoms with Gasteiger partial charge >= 0.3 is 0 Å². The van der Waals surface area contributed by atoms with Crippen molar-refractivity contribution in [2.45, 2.75) is 12.5 Å². The van der Waals surface area contributed by atoms with Crippen LogP contribution in [-0.4, -0.2) is 24.1 Å². The lowest BCUT2D eigenvalue weighted by molar-refractivity contribution is -0.386. The molecular formula is C15H17N3O3. The third-order valence-corrected chi connectivity index (χ3v) is 3.28. The maximum Gasteiger partial charge on any atom is 0.291 e. The Balaban J connectivity index is 2.34. The van der Waals surface area contributed by atoms with E-state index in [1.54, 1.807) is 0 Å². The summed E-state index contributed by atoms with van der Waals surface area (Å²) in [6, 6.07) is 12.6. The molecule has 6 heteroatoms. The van der Waals surface area contributed by atoms with E-state index in [0.29, 0.717) is 18.0 Å². The number of nitrogens with zero attached hydrogens (tertiary/aromatic N) is 2. The van der Waals surface area contributed by atoms with E-state index in [2.05, 4.69) is 10.3 Å². The highest BCUT2D eigenvalue weighted by Gasteiger charge is 2.20. The number of likely N-dealkylation sites (N-methyl/N-ethyl adjacent to an activating group) is 1. The van der Waals surface area contributed by atoms with Gasteiger partial charge in [0, 0.05) is 24.6 Å². The van der Waals surface area contributed by atoms with Crippen LogP contribution in [0.5, 0.6) is 5.88 Å². The zero-order valence-electron chi connectivity index (χ0n) is 11.9. The van der Waals surface area contributed by atoms with Crippen molar-refractivity contribution in [1.82, 2.24) is 10.3 Å². The number of nitrogens with one attached hydrogen (secondary N) is 1. The van der Waals surface area contributed by atoms with Gasteiger partial charge in [-0.1, -0.05) is 30.3 Å². The molecule has 1 heterocycles. The lowest BCUT2D eigenvalue weighted by atomic mass is 10.0. The van der Waals surface area contributed by atoms with E-state index < -0.39 is 4.92 Å². The first kappa shape index (κ1) is 14.9. The molecule has 0 radical (unpaired) electrons. The fourth-order valence-corrected chi connectivity index (χ4v) is 2.17. The third kappa shape index (κ3) is 3.55. The van der Waals surface area contributed by atoms with Crippen LogP contribution in [0.4, 0.5) is 5.69 Å². The Hall–Kier alpha value is -2.47. The van der Waals surface area contributed by atoms with Crippen LogP contribution in [0.3, 0.4) is 0 Å². The van der Waals surface area contributed by atoms with Crippen LogP contribution in [0.2, 0.25) is 0 Å². The van der Waals surface area contributed by atoms with Gasteiger partial charge in [-0.05, 0) is 12.6 Å². The predicted octanol–water partition coefficient (Wildman–Crippen LogP) is 2.50. The Kier molecular flexibility index (Phi) is 4.84. The second kappa shape index (κ2) is 6.81. The van der Waals surface area contributed by atoms with Crippen LogP contribution in [-0.2, 0) is 6.42 Å². The largest absolute Gasteiger partial charge is 0.481 e. The minimum Gasteiger partial charge on any atom is -0.481 e. The summed E-state index contributed by atoms with van der Waals surface area (Å²) in [6.07, 6.45) is 0.411. The standard InChI is InChI=1S/C15H17N3O3/c1-16-12(11-6-4-3-5-7-11)10-13-14(18(19)20)8-9-15(17-13)21-2/h3-9,12,16H,10H2,1-2H3. The minimum atomic E-state index is -0.417. The summed E-state index contributed by atoms with van der Waals surface area (Å²) in [5.74, 6) is 0.374. The maximum atomic E-state index is 11.1. The molecule has 2 rings (SSSR count). The van der Waals surface area contributed by atoms with Crippen LogP contribution >= 0.6 is 0 Å². The monoisotopic (exact) mass is 287 g/mol. The molecule has 0 amide bonds. The van der Waals surface area contributed by atoms with Crippen molar-refractivity contribution in [3.8, 4) is 5.88 Å². The quantitative estimate of drug-likeness (QED) is 0.652. The molecule has 0 saturated carbocycles. The summed E-state index contributed by atoms with van der Waals surface area (Å²) in [7, 11) is 3.31. The Bertz CT molecular complexity index is 617. The van der Waals surface area contributed by atoms with E-state index in [0.717, 1.165) is 5.56 Å². The topological polar surface area (TPSA) is 77.3 Å². The van der Waals surface area contributed by atoms with Gasteiger partial charge in [0.05, 0.1) is 12.0 Å². The molecule has 0 spiro atoms. The highest BCUT2D eigenvalue weighted by atomic mass is 16.6. The molecule has 0 fully saturated rings. The fraction of sp³-hybridized carbons (Fsp3) is 0.267. The highest BCUT2D eigenvalue weighted by molar-refractivity contribution is 5.39. The molecule has 0 saturated heterocycles. The molecule has 0 aliphatic rings. The summed E-state index contributed by atoms with van der Waals surface area (Å²) in [5.41, 5.74) is 1.47. The van der Waals surface area contributed by atoms with Crippen molar-refractivity contribution < 1.29 is 9.66 Å². The predicted molar refractivity (Wildman–Crippen MR) is 79.4 cm³/mol.